The monoisotopic (exact) mass is 740 g/mol. The molecule has 0 fully saturated rings. The van der Waals surface area contributed by atoms with Gasteiger partial charge in [0, 0.05) is 131 Å². The SMILES string of the molecule is Cc1ccccc1.[CH3-].[CH3-].[CH3-].[CH3-].[Y].[Y].[Y].[Y].c1ccc(-c2ccccc2)cc1.c1ccccc1. The van der Waals surface area contributed by atoms with Crippen molar-refractivity contribution < 1.29 is 131 Å². The molecule has 0 amide bonds. The third-order valence-electron chi connectivity index (χ3n) is 3.49. The Morgan fingerprint density at radius 1 is 0.303 bits per heavy atom. The Balaban J connectivity index is -0.0000000577. The van der Waals surface area contributed by atoms with Crippen LogP contribution in [0, 0.1) is 36.6 Å². The Morgan fingerprint density at radius 2 is 0.485 bits per heavy atom. The fourth-order valence-electron chi connectivity index (χ4n) is 2.18. The minimum absolute atomic E-state index is 0. The van der Waals surface area contributed by atoms with Gasteiger partial charge in [0.15, 0.2) is 0 Å². The van der Waals surface area contributed by atoms with Crippen LogP contribution in [0.5, 0.6) is 0 Å². The molecule has 4 aromatic rings. The van der Waals surface area contributed by atoms with E-state index in [2.05, 4.69) is 67.6 Å². The van der Waals surface area contributed by atoms with Gasteiger partial charge < -0.3 is 29.7 Å². The zero-order valence-electron chi connectivity index (χ0n) is 20.9. The maximum absolute atomic E-state index is 2.12. The Hall–Kier alpha value is 1.30. The summed E-state index contributed by atoms with van der Waals surface area (Å²) in [5.41, 5.74) is 3.87. The molecule has 33 heavy (non-hydrogen) atoms. The molecule has 0 saturated carbocycles. The van der Waals surface area contributed by atoms with Crippen LogP contribution in [0.4, 0.5) is 0 Å². The van der Waals surface area contributed by atoms with Crippen LogP contribution in [0.2, 0.25) is 0 Å². The van der Waals surface area contributed by atoms with E-state index >= 15 is 0 Å². The number of hydrogen-bond donors (Lipinski definition) is 0. The first-order valence-corrected chi connectivity index (χ1v) is 8.48. The van der Waals surface area contributed by atoms with E-state index in [4.69, 9.17) is 0 Å². The second-order valence-electron chi connectivity index (χ2n) is 5.54. The van der Waals surface area contributed by atoms with E-state index in [1.54, 1.807) is 0 Å². The summed E-state index contributed by atoms with van der Waals surface area (Å²) >= 11 is 0. The Labute approximate surface area is 306 Å². The topological polar surface area (TPSA) is 0 Å². The molecule has 0 aliphatic rings. The first kappa shape index (κ1) is 51.0. The summed E-state index contributed by atoms with van der Waals surface area (Å²) in [6.45, 7) is 2.08. The van der Waals surface area contributed by atoms with Crippen molar-refractivity contribution in [3.8, 4) is 11.1 Å². The van der Waals surface area contributed by atoms with Gasteiger partial charge in [0.05, 0.1) is 0 Å². The molecule has 4 rings (SSSR count). The molecule has 0 spiro atoms. The van der Waals surface area contributed by atoms with Crippen molar-refractivity contribution in [3.63, 3.8) is 0 Å². The summed E-state index contributed by atoms with van der Waals surface area (Å²) < 4.78 is 0. The van der Waals surface area contributed by atoms with Crippen molar-refractivity contribution in [2.45, 2.75) is 6.92 Å². The maximum atomic E-state index is 2.12. The number of aryl methyl sites for hydroxylation is 1. The van der Waals surface area contributed by atoms with E-state index < -0.39 is 0 Å². The Morgan fingerprint density at radius 3 is 0.667 bits per heavy atom. The molecular weight excluding hydrogens is 704 g/mol. The minimum atomic E-state index is 0. The molecule has 0 saturated heterocycles. The van der Waals surface area contributed by atoms with Crippen LogP contribution in [0.1, 0.15) is 5.56 Å². The molecule has 4 aromatic carbocycles. The van der Waals surface area contributed by atoms with Gasteiger partial charge in [0.1, 0.15) is 0 Å². The molecule has 4 heteroatoms. The van der Waals surface area contributed by atoms with Crippen LogP contribution in [-0.2, 0) is 131 Å². The van der Waals surface area contributed by atoms with Crippen molar-refractivity contribution in [1.29, 1.82) is 0 Å². The molecule has 0 aromatic heterocycles. The third kappa shape index (κ3) is 26.2. The largest absolute Gasteiger partial charge is 0.358 e. The van der Waals surface area contributed by atoms with Crippen LogP contribution >= 0.6 is 0 Å². The zero-order chi connectivity index (χ0) is 17.6. The first-order valence-electron chi connectivity index (χ1n) is 8.48. The summed E-state index contributed by atoms with van der Waals surface area (Å²) in [5, 5.41) is 0. The van der Waals surface area contributed by atoms with E-state index in [1.807, 2.05) is 66.7 Å². The van der Waals surface area contributed by atoms with Crippen molar-refractivity contribution in [2.24, 2.45) is 0 Å². The van der Waals surface area contributed by atoms with Gasteiger partial charge in [-0.05, 0) is 18.1 Å². The van der Waals surface area contributed by atoms with Gasteiger partial charge in [-0.3, -0.25) is 0 Å². The molecule has 4 radical (unpaired) electrons. The fourth-order valence-corrected chi connectivity index (χ4v) is 2.18. The van der Waals surface area contributed by atoms with Crippen LogP contribution in [0.3, 0.4) is 0 Å². The summed E-state index contributed by atoms with van der Waals surface area (Å²) in [5.74, 6) is 0. The average molecular weight is 740 g/mol. The molecule has 0 aliphatic carbocycles. The minimum Gasteiger partial charge on any atom is -0.358 e. The molecule has 0 atom stereocenters. The number of hydrogen-bond acceptors (Lipinski definition) is 0. The molecule has 0 bridgehead atoms. The van der Waals surface area contributed by atoms with Gasteiger partial charge in [0.2, 0.25) is 0 Å². The normalized spacial score (nSPS) is 6.82. The predicted octanol–water partition coefficient (Wildman–Crippen LogP) is 8.83. The van der Waals surface area contributed by atoms with Gasteiger partial charge in [-0.1, -0.05) is 133 Å². The van der Waals surface area contributed by atoms with Crippen LogP contribution in [0.15, 0.2) is 127 Å². The van der Waals surface area contributed by atoms with Gasteiger partial charge >= 0.3 is 0 Å². The van der Waals surface area contributed by atoms with Crippen LogP contribution in [0.25, 0.3) is 11.1 Å². The molecule has 0 unspecified atom stereocenters. The maximum Gasteiger partial charge on any atom is 0 e. The Kier molecular flexibility index (Phi) is 54.8. The number of rotatable bonds is 1. The van der Waals surface area contributed by atoms with Gasteiger partial charge in [-0.25, -0.2) is 0 Å². The van der Waals surface area contributed by atoms with Crippen molar-refractivity contribution in [1.82, 2.24) is 0 Å². The third-order valence-corrected chi connectivity index (χ3v) is 3.49. The second kappa shape index (κ2) is 35.5. The molecule has 0 nitrogen and oxygen atoms in total. The van der Waals surface area contributed by atoms with E-state index in [0.717, 1.165) is 0 Å². The smallest absolute Gasteiger partial charge is 0 e. The molecule has 168 valence electrons. The molecule has 0 aliphatic heterocycles. The summed E-state index contributed by atoms with van der Waals surface area (Å²) in [7, 11) is 0. The second-order valence-corrected chi connectivity index (χ2v) is 5.54. The predicted molar refractivity (Wildman–Crippen MR) is 135 cm³/mol. The quantitative estimate of drug-likeness (QED) is 0.171. The summed E-state index contributed by atoms with van der Waals surface area (Å²) in [4.78, 5) is 0. The van der Waals surface area contributed by atoms with Gasteiger partial charge in [-0.15, -0.1) is 0 Å². The Bertz CT molecular complexity index is 729. The summed E-state index contributed by atoms with van der Waals surface area (Å²) in [6.07, 6.45) is 0. The van der Waals surface area contributed by atoms with Crippen LogP contribution < -0.4 is 0 Å². The van der Waals surface area contributed by atoms with E-state index in [-0.39, 0.29) is 161 Å². The van der Waals surface area contributed by atoms with E-state index in [9.17, 15) is 0 Å². The summed E-state index contributed by atoms with van der Waals surface area (Å²) in [6, 6.07) is 43.0. The fraction of sp³-hybridized carbons (Fsp3) is 0.0345. The molecule has 0 heterocycles. The van der Waals surface area contributed by atoms with Gasteiger partial charge in [-0.2, -0.15) is 0 Å². The van der Waals surface area contributed by atoms with E-state index in [0.29, 0.717) is 0 Å². The standard InChI is InChI=1S/C12H10.C7H8.C6H6.4CH3.4Y/c1-3-7-11(8-4-1)12-9-5-2-6-10-12;1-7-5-3-2-4-6-7;1-2-4-6-5-3-1;;;;;;;;/h1-10H;2-6H,1H3;1-6H;4*1H3;;;;/q;;;4*-1;;;;. The van der Waals surface area contributed by atoms with Gasteiger partial charge in [0.25, 0.3) is 0 Å². The van der Waals surface area contributed by atoms with Crippen LogP contribution in [-0.4, -0.2) is 0 Å². The molecule has 0 N–H and O–H groups in total. The average Bonchev–Trinajstić information content (AvgIpc) is 2.72. The number of benzene rings is 4. The zero-order valence-corrected chi connectivity index (χ0v) is 32.3. The first-order chi connectivity index (χ1) is 12.4. The van der Waals surface area contributed by atoms with E-state index in [1.165, 1.54) is 16.7 Å². The van der Waals surface area contributed by atoms with Crippen molar-refractivity contribution in [3.05, 3.63) is 163 Å². The molecular formula is C29H36Y4-4. The van der Waals surface area contributed by atoms with Crippen molar-refractivity contribution in [2.75, 3.05) is 0 Å². The van der Waals surface area contributed by atoms with Crippen molar-refractivity contribution >= 4 is 0 Å².